The van der Waals surface area contributed by atoms with Crippen LogP contribution in [0.3, 0.4) is 0 Å². The Balaban J connectivity index is 2.31. The monoisotopic (exact) mass is 338 g/mol. The molecule has 1 atom stereocenters. The lowest BCUT2D eigenvalue weighted by Crippen LogP contribution is -2.09. The van der Waals surface area contributed by atoms with Crippen LogP contribution in [0.5, 0.6) is 0 Å². The Labute approximate surface area is 123 Å². The van der Waals surface area contributed by atoms with Gasteiger partial charge in [0.1, 0.15) is 11.9 Å². The van der Waals surface area contributed by atoms with Crippen LogP contribution < -0.4 is 5.32 Å². The van der Waals surface area contributed by atoms with E-state index in [4.69, 9.17) is 11.6 Å². The first-order valence-corrected chi connectivity index (χ1v) is 6.64. The average molecular weight is 340 g/mol. The molecule has 0 aliphatic rings. The Morgan fingerprint density at radius 3 is 2.63 bits per heavy atom. The van der Waals surface area contributed by atoms with Gasteiger partial charge >= 0.3 is 0 Å². The number of anilines is 1. The molecule has 0 aromatic heterocycles. The molecule has 0 heterocycles. The molecule has 0 spiro atoms. The second kappa shape index (κ2) is 6.05. The molecular formula is C14H9BrClFN2. The molecule has 0 bridgehead atoms. The lowest BCUT2D eigenvalue weighted by Gasteiger charge is -2.15. The van der Waals surface area contributed by atoms with Gasteiger partial charge in [-0.15, -0.1) is 0 Å². The van der Waals surface area contributed by atoms with Crippen molar-refractivity contribution in [2.24, 2.45) is 0 Å². The van der Waals surface area contributed by atoms with Gasteiger partial charge < -0.3 is 5.32 Å². The molecule has 0 aliphatic carbocycles. The van der Waals surface area contributed by atoms with Crippen LogP contribution in [0.25, 0.3) is 0 Å². The molecule has 0 saturated carbocycles. The predicted octanol–water partition coefficient (Wildman–Crippen LogP) is 4.92. The van der Waals surface area contributed by atoms with Crippen LogP contribution in [-0.4, -0.2) is 0 Å². The normalized spacial score (nSPS) is 11.7. The topological polar surface area (TPSA) is 35.8 Å². The van der Waals surface area contributed by atoms with E-state index >= 15 is 0 Å². The van der Waals surface area contributed by atoms with Crippen LogP contribution >= 0.6 is 27.5 Å². The molecule has 2 rings (SSSR count). The Morgan fingerprint density at radius 2 is 2.00 bits per heavy atom. The fourth-order valence-electron chi connectivity index (χ4n) is 1.65. The molecule has 2 aromatic carbocycles. The van der Waals surface area contributed by atoms with Crippen LogP contribution in [0.2, 0.25) is 5.02 Å². The van der Waals surface area contributed by atoms with E-state index in [1.807, 2.05) is 24.3 Å². The Morgan fingerprint density at radius 1 is 1.26 bits per heavy atom. The first-order valence-electron chi connectivity index (χ1n) is 5.47. The van der Waals surface area contributed by atoms with E-state index in [0.717, 1.165) is 10.2 Å². The van der Waals surface area contributed by atoms with Crippen LogP contribution in [0.1, 0.15) is 11.6 Å². The van der Waals surface area contributed by atoms with Crippen molar-refractivity contribution in [2.75, 3.05) is 5.32 Å². The van der Waals surface area contributed by atoms with Crippen LogP contribution in [0.4, 0.5) is 10.1 Å². The Bertz CT molecular complexity index is 640. The molecule has 0 aliphatic heterocycles. The molecule has 2 nitrogen and oxygen atoms in total. The van der Waals surface area contributed by atoms with Crippen LogP contribution in [0, 0.1) is 17.1 Å². The first-order chi connectivity index (χ1) is 9.11. The third-order valence-corrected chi connectivity index (χ3v) is 3.60. The minimum atomic E-state index is -0.646. The lowest BCUT2D eigenvalue weighted by molar-refractivity contribution is 0.627. The summed E-state index contributed by atoms with van der Waals surface area (Å²) in [5.41, 5.74) is 1.32. The summed E-state index contributed by atoms with van der Waals surface area (Å²) in [6.45, 7) is 0. The van der Waals surface area contributed by atoms with Gasteiger partial charge in [0.05, 0.1) is 6.07 Å². The minimum absolute atomic E-state index is 0.228. The van der Waals surface area contributed by atoms with Crippen LogP contribution in [0.15, 0.2) is 46.9 Å². The van der Waals surface area contributed by atoms with Gasteiger partial charge in [0, 0.05) is 20.7 Å². The molecule has 1 N–H and O–H groups in total. The Kier molecular flexibility index (Phi) is 4.41. The quantitative estimate of drug-likeness (QED) is 0.861. The Hall–Kier alpha value is -1.57. The third-order valence-electron chi connectivity index (χ3n) is 2.58. The number of para-hydroxylation sites is 1. The summed E-state index contributed by atoms with van der Waals surface area (Å²) in [5, 5.41) is 12.5. The number of rotatable bonds is 3. The molecule has 0 saturated heterocycles. The minimum Gasteiger partial charge on any atom is -0.365 e. The zero-order valence-electron chi connectivity index (χ0n) is 9.70. The van der Waals surface area contributed by atoms with Crippen LogP contribution in [-0.2, 0) is 0 Å². The summed E-state index contributed by atoms with van der Waals surface area (Å²) in [6.07, 6.45) is 0. The summed E-state index contributed by atoms with van der Waals surface area (Å²) < 4.78 is 13.9. The van der Waals surface area contributed by atoms with E-state index in [1.165, 1.54) is 18.2 Å². The van der Waals surface area contributed by atoms with Crippen molar-refractivity contribution >= 4 is 33.2 Å². The SMILES string of the molecule is N#CC(Nc1ccccc1Br)c1ccc(F)cc1Cl. The molecule has 0 fully saturated rings. The number of halogens is 3. The number of nitrogens with zero attached hydrogens (tertiary/aromatic N) is 1. The van der Waals surface area contributed by atoms with Crippen molar-refractivity contribution < 1.29 is 4.39 Å². The maximum atomic E-state index is 13.0. The predicted molar refractivity (Wildman–Crippen MR) is 77.5 cm³/mol. The second-order valence-corrected chi connectivity index (χ2v) is 5.11. The zero-order chi connectivity index (χ0) is 13.8. The highest BCUT2D eigenvalue weighted by Gasteiger charge is 2.15. The molecular weight excluding hydrogens is 331 g/mol. The standard InChI is InChI=1S/C14H9BrClFN2/c15-11-3-1-2-4-13(11)19-14(8-18)10-6-5-9(17)7-12(10)16/h1-7,14,19H. The van der Waals surface area contributed by atoms with Gasteiger partial charge in [-0.1, -0.05) is 29.8 Å². The van der Waals surface area contributed by atoms with Crippen molar-refractivity contribution in [3.05, 3.63) is 63.3 Å². The van der Waals surface area contributed by atoms with E-state index < -0.39 is 11.9 Å². The molecule has 96 valence electrons. The number of benzene rings is 2. The largest absolute Gasteiger partial charge is 0.365 e. The van der Waals surface area contributed by atoms with Gasteiger partial charge in [0.2, 0.25) is 0 Å². The lowest BCUT2D eigenvalue weighted by atomic mass is 10.1. The fourth-order valence-corrected chi connectivity index (χ4v) is 2.32. The van der Waals surface area contributed by atoms with E-state index in [1.54, 1.807) is 0 Å². The molecule has 19 heavy (non-hydrogen) atoms. The highest BCUT2D eigenvalue weighted by molar-refractivity contribution is 9.10. The summed E-state index contributed by atoms with van der Waals surface area (Å²) in [4.78, 5) is 0. The zero-order valence-corrected chi connectivity index (χ0v) is 12.0. The van der Waals surface area contributed by atoms with Crippen molar-refractivity contribution in [1.29, 1.82) is 5.26 Å². The summed E-state index contributed by atoms with van der Waals surface area (Å²) in [7, 11) is 0. The van der Waals surface area contributed by atoms with E-state index in [0.29, 0.717) is 5.56 Å². The van der Waals surface area contributed by atoms with Gasteiger partial charge in [-0.05, 0) is 40.2 Å². The van der Waals surface area contributed by atoms with E-state index in [-0.39, 0.29) is 5.02 Å². The third kappa shape index (κ3) is 3.25. The van der Waals surface area contributed by atoms with E-state index in [2.05, 4.69) is 27.3 Å². The van der Waals surface area contributed by atoms with Crippen molar-refractivity contribution in [3.63, 3.8) is 0 Å². The maximum absolute atomic E-state index is 13.0. The average Bonchev–Trinajstić information content (AvgIpc) is 2.39. The number of hydrogen-bond donors (Lipinski definition) is 1. The summed E-state index contributed by atoms with van der Waals surface area (Å²) >= 11 is 9.36. The van der Waals surface area contributed by atoms with Gasteiger partial charge in [-0.3, -0.25) is 0 Å². The molecule has 0 amide bonds. The summed E-state index contributed by atoms with van der Waals surface area (Å²) in [5.74, 6) is -0.425. The number of nitriles is 1. The molecule has 5 heteroatoms. The van der Waals surface area contributed by atoms with Gasteiger partial charge in [-0.25, -0.2) is 4.39 Å². The second-order valence-electron chi connectivity index (χ2n) is 3.85. The van der Waals surface area contributed by atoms with Gasteiger partial charge in [0.15, 0.2) is 0 Å². The molecule has 2 aromatic rings. The van der Waals surface area contributed by atoms with Gasteiger partial charge in [-0.2, -0.15) is 5.26 Å². The van der Waals surface area contributed by atoms with Crippen molar-refractivity contribution in [1.82, 2.24) is 0 Å². The molecule has 1 unspecified atom stereocenters. The van der Waals surface area contributed by atoms with Crippen molar-refractivity contribution in [2.45, 2.75) is 6.04 Å². The van der Waals surface area contributed by atoms with E-state index in [9.17, 15) is 9.65 Å². The first kappa shape index (κ1) is 13.9. The maximum Gasteiger partial charge on any atom is 0.141 e. The summed E-state index contributed by atoms with van der Waals surface area (Å²) in [6, 6.07) is 12.9. The highest BCUT2D eigenvalue weighted by atomic mass is 79.9. The smallest absolute Gasteiger partial charge is 0.141 e. The molecule has 0 radical (unpaired) electrons. The number of hydrogen-bond acceptors (Lipinski definition) is 2. The van der Waals surface area contributed by atoms with Crippen molar-refractivity contribution in [3.8, 4) is 6.07 Å². The highest BCUT2D eigenvalue weighted by Crippen LogP contribution is 2.29. The number of nitrogens with one attached hydrogen (secondary N) is 1. The van der Waals surface area contributed by atoms with Gasteiger partial charge in [0.25, 0.3) is 0 Å². The fraction of sp³-hybridized carbons (Fsp3) is 0.0714.